The van der Waals surface area contributed by atoms with E-state index in [0.717, 1.165) is 24.8 Å². The molecule has 1 saturated carbocycles. The van der Waals surface area contributed by atoms with Crippen LogP contribution in [0.25, 0.3) is 0 Å². The molecule has 2 rings (SSSR count). The van der Waals surface area contributed by atoms with Gasteiger partial charge in [-0.2, -0.15) is 0 Å². The van der Waals surface area contributed by atoms with Crippen LogP contribution < -0.4 is 0 Å². The average molecular weight is 335 g/mol. The summed E-state index contributed by atoms with van der Waals surface area (Å²) < 4.78 is 16.6. The van der Waals surface area contributed by atoms with Gasteiger partial charge in [0.05, 0.1) is 0 Å². The van der Waals surface area contributed by atoms with Crippen LogP contribution in [0.15, 0.2) is 30.3 Å². The number of hydrogen-bond acceptors (Lipinski definition) is 4. The molecule has 24 heavy (non-hydrogen) atoms. The third-order valence-electron chi connectivity index (χ3n) is 4.48. The van der Waals surface area contributed by atoms with E-state index in [1.807, 2.05) is 51.2 Å². The van der Waals surface area contributed by atoms with Crippen LogP contribution in [0, 0.1) is 5.92 Å². The Labute approximate surface area is 144 Å². The van der Waals surface area contributed by atoms with Gasteiger partial charge in [-0.05, 0) is 38.2 Å². The number of hydrogen-bond donors (Lipinski definition) is 0. The Morgan fingerprint density at radius 1 is 1.17 bits per heavy atom. The molecule has 0 N–H and O–H groups in total. The van der Waals surface area contributed by atoms with Crippen molar-refractivity contribution in [3.8, 4) is 0 Å². The first-order chi connectivity index (χ1) is 11.6. The first-order valence-electron chi connectivity index (χ1n) is 8.80. The van der Waals surface area contributed by atoms with Crippen LogP contribution in [-0.4, -0.2) is 43.6 Å². The molecule has 1 amide bonds. The van der Waals surface area contributed by atoms with Crippen molar-refractivity contribution < 1.29 is 19.0 Å². The van der Waals surface area contributed by atoms with Crippen molar-refractivity contribution >= 4 is 6.09 Å². The summed E-state index contributed by atoms with van der Waals surface area (Å²) in [4.78, 5) is 13.9. The average Bonchev–Trinajstić information content (AvgIpc) is 2.56. The number of carbonyl (C=O) groups excluding carboxylic acids is 1. The van der Waals surface area contributed by atoms with Crippen molar-refractivity contribution in [2.45, 2.75) is 52.0 Å². The third kappa shape index (κ3) is 5.49. The fourth-order valence-electron chi connectivity index (χ4n) is 3.01. The number of ether oxygens (including phenoxy) is 3. The van der Waals surface area contributed by atoms with E-state index >= 15 is 0 Å². The third-order valence-corrected chi connectivity index (χ3v) is 4.48. The molecule has 0 unspecified atom stereocenters. The van der Waals surface area contributed by atoms with Crippen molar-refractivity contribution in [1.82, 2.24) is 4.90 Å². The fraction of sp³-hybridized carbons (Fsp3) is 0.632. The van der Waals surface area contributed by atoms with Gasteiger partial charge in [-0.3, -0.25) is 0 Å². The smallest absolute Gasteiger partial charge is 0.410 e. The van der Waals surface area contributed by atoms with Crippen LogP contribution in [0.3, 0.4) is 0 Å². The first kappa shape index (κ1) is 18.7. The minimum Gasteiger partial charge on any atom is -0.445 e. The van der Waals surface area contributed by atoms with Gasteiger partial charge in [0.2, 0.25) is 0 Å². The van der Waals surface area contributed by atoms with Crippen LogP contribution in [-0.2, 0) is 20.8 Å². The predicted octanol–water partition coefficient (Wildman–Crippen LogP) is 3.82. The maximum Gasteiger partial charge on any atom is 0.410 e. The topological polar surface area (TPSA) is 48.0 Å². The number of benzene rings is 1. The Morgan fingerprint density at radius 3 is 2.38 bits per heavy atom. The Hall–Kier alpha value is -1.59. The molecule has 1 aromatic carbocycles. The monoisotopic (exact) mass is 335 g/mol. The van der Waals surface area contributed by atoms with E-state index in [0.29, 0.717) is 25.7 Å². The zero-order chi connectivity index (χ0) is 17.4. The lowest BCUT2D eigenvalue weighted by Crippen LogP contribution is -2.46. The van der Waals surface area contributed by atoms with Gasteiger partial charge in [-0.1, -0.05) is 30.3 Å². The first-order valence-corrected chi connectivity index (χ1v) is 8.80. The van der Waals surface area contributed by atoms with Crippen molar-refractivity contribution in [3.63, 3.8) is 0 Å². The Kier molecular flexibility index (Phi) is 7.53. The molecule has 5 heteroatoms. The van der Waals surface area contributed by atoms with E-state index in [2.05, 4.69) is 0 Å². The molecule has 0 bridgehead atoms. The molecule has 5 nitrogen and oxygen atoms in total. The summed E-state index contributed by atoms with van der Waals surface area (Å²) in [5.74, 6) is 0.544. The molecule has 0 atom stereocenters. The molecular weight excluding hydrogens is 306 g/mol. The normalized spacial score (nSPS) is 19.8. The number of amides is 1. The summed E-state index contributed by atoms with van der Waals surface area (Å²) in [6.45, 7) is 5.59. The lowest BCUT2D eigenvalue weighted by Gasteiger charge is -2.41. The summed E-state index contributed by atoms with van der Waals surface area (Å²) >= 11 is 0. The van der Waals surface area contributed by atoms with Gasteiger partial charge in [0.15, 0.2) is 6.29 Å². The Balaban J connectivity index is 1.69. The van der Waals surface area contributed by atoms with Gasteiger partial charge < -0.3 is 19.1 Å². The summed E-state index contributed by atoms with van der Waals surface area (Å²) in [5, 5.41) is 0. The summed E-state index contributed by atoms with van der Waals surface area (Å²) in [6.07, 6.45) is 2.47. The highest BCUT2D eigenvalue weighted by molar-refractivity contribution is 5.67. The number of rotatable bonds is 9. The van der Waals surface area contributed by atoms with E-state index in [1.54, 1.807) is 4.90 Å². The van der Waals surface area contributed by atoms with Crippen LogP contribution in [0.5, 0.6) is 0 Å². The molecule has 1 aliphatic carbocycles. The zero-order valence-corrected chi connectivity index (χ0v) is 14.9. The number of carbonyl (C=O) groups is 1. The van der Waals surface area contributed by atoms with Crippen LogP contribution in [0.1, 0.15) is 38.7 Å². The van der Waals surface area contributed by atoms with E-state index in [-0.39, 0.29) is 18.4 Å². The van der Waals surface area contributed by atoms with E-state index in [1.165, 1.54) is 0 Å². The van der Waals surface area contributed by atoms with E-state index < -0.39 is 0 Å². The van der Waals surface area contributed by atoms with Crippen LogP contribution in [0.4, 0.5) is 4.79 Å². The Bertz CT molecular complexity index is 481. The van der Waals surface area contributed by atoms with Gasteiger partial charge >= 0.3 is 6.09 Å². The van der Waals surface area contributed by atoms with Gasteiger partial charge in [-0.15, -0.1) is 0 Å². The maximum atomic E-state index is 12.1. The SMILES string of the molecule is CCOC(C[C@H]1C[C@H](N(C)C(=O)OCc2ccccc2)C1)OCC. The molecule has 0 spiro atoms. The van der Waals surface area contributed by atoms with E-state index in [4.69, 9.17) is 14.2 Å². The number of nitrogens with zero attached hydrogens (tertiary/aromatic N) is 1. The second kappa shape index (κ2) is 9.64. The van der Waals surface area contributed by atoms with Crippen molar-refractivity contribution in [3.05, 3.63) is 35.9 Å². The van der Waals surface area contributed by atoms with Crippen LogP contribution >= 0.6 is 0 Å². The Morgan fingerprint density at radius 2 is 1.79 bits per heavy atom. The fourth-order valence-corrected chi connectivity index (χ4v) is 3.01. The highest BCUT2D eigenvalue weighted by Gasteiger charge is 2.36. The molecule has 0 radical (unpaired) electrons. The van der Waals surface area contributed by atoms with Gasteiger partial charge in [-0.25, -0.2) is 4.79 Å². The summed E-state index contributed by atoms with van der Waals surface area (Å²) in [7, 11) is 1.82. The molecule has 0 saturated heterocycles. The van der Waals surface area contributed by atoms with Crippen molar-refractivity contribution in [2.24, 2.45) is 5.92 Å². The molecule has 134 valence electrons. The molecule has 0 heterocycles. The highest BCUT2D eigenvalue weighted by Crippen LogP contribution is 2.35. The highest BCUT2D eigenvalue weighted by atomic mass is 16.7. The second-order valence-corrected chi connectivity index (χ2v) is 6.22. The predicted molar refractivity (Wildman–Crippen MR) is 92.6 cm³/mol. The second-order valence-electron chi connectivity index (χ2n) is 6.22. The summed E-state index contributed by atoms with van der Waals surface area (Å²) in [5.41, 5.74) is 1.00. The van der Waals surface area contributed by atoms with Gasteiger partial charge in [0, 0.05) is 32.7 Å². The molecule has 1 fully saturated rings. The van der Waals surface area contributed by atoms with Crippen LogP contribution in [0.2, 0.25) is 0 Å². The molecule has 0 aliphatic heterocycles. The van der Waals surface area contributed by atoms with E-state index in [9.17, 15) is 4.79 Å². The molecule has 0 aromatic heterocycles. The van der Waals surface area contributed by atoms with Crippen molar-refractivity contribution in [2.75, 3.05) is 20.3 Å². The summed E-state index contributed by atoms with van der Waals surface area (Å²) in [6, 6.07) is 9.99. The largest absolute Gasteiger partial charge is 0.445 e. The lowest BCUT2D eigenvalue weighted by molar-refractivity contribution is -0.152. The maximum absolute atomic E-state index is 12.1. The van der Waals surface area contributed by atoms with Crippen molar-refractivity contribution in [1.29, 1.82) is 0 Å². The molecular formula is C19H29NO4. The quantitative estimate of drug-likeness (QED) is 0.644. The zero-order valence-electron chi connectivity index (χ0n) is 14.9. The lowest BCUT2D eigenvalue weighted by atomic mass is 9.77. The van der Waals surface area contributed by atoms with Gasteiger partial charge in [0.1, 0.15) is 6.61 Å². The minimum atomic E-state index is -0.256. The molecule has 1 aliphatic rings. The standard InChI is InChI=1S/C19H29NO4/c1-4-22-18(23-5-2)13-16-11-17(12-16)20(3)19(21)24-14-15-9-7-6-8-10-15/h6-10,16-18H,4-5,11-14H2,1-3H3/t16-,17-. The molecule has 1 aromatic rings. The van der Waals surface area contributed by atoms with Gasteiger partial charge in [0.25, 0.3) is 0 Å². The minimum absolute atomic E-state index is 0.124.